The van der Waals surface area contributed by atoms with Gasteiger partial charge in [0.1, 0.15) is 6.04 Å². The van der Waals surface area contributed by atoms with E-state index in [1.54, 1.807) is 11.8 Å². The highest BCUT2D eigenvalue weighted by molar-refractivity contribution is 7.99. The Kier molecular flexibility index (Phi) is 6.40. The summed E-state index contributed by atoms with van der Waals surface area (Å²) in [4.78, 5) is 23.1. The molecule has 0 saturated carbocycles. The van der Waals surface area contributed by atoms with Gasteiger partial charge in [0.05, 0.1) is 7.11 Å². The molecule has 0 aliphatic heterocycles. The van der Waals surface area contributed by atoms with Crippen LogP contribution in [0.25, 0.3) is 10.8 Å². The first-order valence-electron chi connectivity index (χ1n) is 7.24. The van der Waals surface area contributed by atoms with E-state index in [4.69, 9.17) is 0 Å². The van der Waals surface area contributed by atoms with Crippen molar-refractivity contribution in [3.63, 3.8) is 0 Å². The molecule has 0 spiro atoms. The minimum atomic E-state index is -0.277. The molecule has 0 heterocycles. The number of hydrogen-bond donors (Lipinski definition) is 0. The number of methoxy groups -OCH3 is 1. The molecule has 1 atom stereocenters. The van der Waals surface area contributed by atoms with Crippen LogP contribution >= 0.6 is 11.8 Å². The Morgan fingerprint density at radius 2 is 2.00 bits per heavy atom. The number of carbonyl (C=O) groups excluding carboxylic acids is 1. The molecule has 0 aliphatic rings. The van der Waals surface area contributed by atoms with Gasteiger partial charge >= 0.3 is 5.97 Å². The molecular weight excluding hydrogens is 298 g/mol. The van der Waals surface area contributed by atoms with Crippen molar-refractivity contribution in [3.05, 3.63) is 47.4 Å². The van der Waals surface area contributed by atoms with E-state index in [1.807, 2.05) is 12.1 Å². The van der Waals surface area contributed by atoms with Gasteiger partial charge in [-0.3, -0.25) is 4.79 Å². The molecule has 0 fully saturated rings. The van der Waals surface area contributed by atoms with Crippen molar-refractivity contribution in [1.29, 1.82) is 0 Å². The van der Waals surface area contributed by atoms with E-state index in [0.29, 0.717) is 25.0 Å². The Hall–Kier alpha value is -1.88. The lowest BCUT2D eigenvalue weighted by Gasteiger charge is -2.09. The van der Waals surface area contributed by atoms with Crippen LogP contribution in [0, 0.1) is 4.91 Å². The van der Waals surface area contributed by atoms with Gasteiger partial charge in [0.25, 0.3) is 0 Å². The van der Waals surface area contributed by atoms with Crippen LogP contribution in [0.1, 0.15) is 19.3 Å². The summed E-state index contributed by atoms with van der Waals surface area (Å²) in [6.07, 6.45) is 1.57. The van der Waals surface area contributed by atoms with Gasteiger partial charge in [0, 0.05) is 17.1 Å². The second-order valence-electron chi connectivity index (χ2n) is 5.05. The lowest BCUT2D eigenvalue weighted by molar-refractivity contribution is -0.140. The molecule has 1 unspecified atom stereocenters. The number of ether oxygens (including phenoxy) is 1. The maximum Gasteiger partial charge on any atom is 0.305 e. The highest BCUT2D eigenvalue weighted by atomic mass is 32.2. The van der Waals surface area contributed by atoms with Gasteiger partial charge < -0.3 is 4.74 Å². The molecule has 0 radical (unpaired) electrons. The number of rotatable bonds is 8. The topological polar surface area (TPSA) is 55.7 Å². The van der Waals surface area contributed by atoms with E-state index >= 15 is 0 Å². The zero-order valence-electron chi connectivity index (χ0n) is 12.5. The number of nitrogens with zero attached hydrogens (tertiary/aromatic N) is 1. The number of hydrogen-bond acceptors (Lipinski definition) is 5. The first kappa shape index (κ1) is 16.5. The Labute approximate surface area is 134 Å². The molecule has 0 aliphatic carbocycles. The average molecular weight is 317 g/mol. The summed E-state index contributed by atoms with van der Waals surface area (Å²) in [6, 6.07) is 14.2. The van der Waals surface area contributed by atoms with Gasteiger partial charge in [-0.1, -0.05) is 35.5 Å². The number of esters is 1. The zero-order chi connectivity index (χ0) is 15.8. The molecule has 22 heavy (non-hydrogen) atoms. The standard InChI is InChI=1S/C17H19NO3S/c1-21-17(19)8-4-7-15(18-20)12-22-16-10-9-13-5-2-3-6-14(13)11-16/h2-3,5-6,9-11,15H,4,7-8,12H2,1H3. The molecular formula is C17H19NO3S. The lowest BCUT2D eigenvalue weighted by Crippen LogP contribution is -2.09. The Balaban J connectivity index is 1.86. The van der Waals surface area contributed by atoms with E-state index in [-0.39, 0.29) is 12.0 Å². The van der Waals surface area contributed by atoms with E-state index < -0.39 is 0 Å². The molecule has 2 rings (SSSR count). The van der Waals surface area contributed by atoms with Gasteiger partial charge in [-0.25, -0.2) is 0 Å². The maximum atomic E-state index is 11.0. The highest BCUT2D eigenvalue weighted by Crippen LogP contribution is 2.25. The summed E-state index contributed by atoms with van der Waals surface area (Å²) in [5, 5.41) is 5.56. The fourth-order valence-corrected chi connectivity index (χ4v) is 3.19. The normalized spacial score (nSPS) is 12.0. The molecule has 0 saturated heterocycles. The fraction of sp³-hybridized carbons (Fsp3) is 0.353. The second kappa shape index (κ2) is 8.54. The fourth-order valence-electron chi connectivity index (χ4n) is 2.20. The van der Waals surface area contributed by atoms with Crippen molar-refractivity contribution in [2.75, 3.05) is 12.9 Å². The van der Waals surface area contributed by atoms with Crippen molar-refractivity contribution in [3.8, 4) is 0 Å². The maximum absolute atomic E-state index is 11.0. The monoisotopic (exact) mass is 317 g/mol. The summed E-state index contributed by atoms with van der Waals surface area (Å²) < 4.78 is 4.58. The Morgan fingerprint density at radius 1 is 1.23 bits per heavy atom. The van der Waals surface area contributed by atoms with E-state index in [1.165, 1.54) is 17.9 Å². The Morgan fingerprint density at radius 3 is 2.73 bits per heavy atom. The van der Waals surface area contributed by atoms with Crippen LogP contribution in [0.3, 0.4) is 0 Å². The van der Waals surface area contributed by atoms with Crippen LogP contribution in [-0.2, 0) is 9.53 Å². The van der Waals surface area contributed by atoms with Crippen molar-refractivity contribution in [1.82, 2.24) is 0 Å². The van der Waals surface area contributed by atoms with E-state index in [9.17, 15) is 9.70 Å². The molecule has 116 valence electrons. The summed E-state index contributed by atoms with van der Waals surface area (Å²) in [7, 11) is 1.37. The highest BCUT2D eigenvalue weighted by Gasteiger charge is 2.11. The van der Waals surface area contributed by atoms with Crippen molar-refractivity contribution < 1.29 is 9.53 Å². The van der Waals surface area contributed by atoms with Crippen molar-refractivity contribution in [2.24, 2.45) is 5.18 Å². The number of carbonyl (C=O) groups is 1. The molecule has 0 bridgehead atoms. The SMILES string of the molecule is COC(=O)CCCC(CSc1ccc2ccccc2c1)N=O. The molecule has 2 aromatic rings. The predicted molar refractivity (Wildman–Crippen MR) is 90.1 cm³/mol. The third kappa shape index (κ3) is 4.84. The molecule has 4 nitrogen and oxygen atoms in total. The molecule has 0 aromatic heterocycles. The van der Waals surface area contributed by atoms with Crippen LogP contribution in [-0.4, -0.2) is 24.9 Å². The zero-order valence-corrected chi connectivity index (χ0v) is 13.3. The van der Waals surface area contributed by atoms with Crippen LogP contribution in [0.2, 0.25) is 0 Å². The van der Waals surface area contributed by atoms with Gasteiger partial charge in [0.2, 0.25) is 0 Å². The van der Waals surface area contributed by atoms with Crippen molar-refractivity contribution in [2.45, 2.75) is 30.2 Å². The van der Waals surface area contributed by atoms with Crippen LogP contribution in [0.4, 0.5) is 0 Å². The van der Waals surface area contributed by atoms with Gasteiger partial charge in [-0.2, -0.15) is 4.91 Å². The first-order valence-corrected chi connectivity index (χ1v) is 8.22. The average Bonchev–Trinajstić information content (AvgIpc) is 2.57. The second-order valence-corrected chi connectivity index (χ2v) is 6.14. The molecule has 0 N–H and O–H groups in total. The van der Waals surface area contributed by atoms with Gasteiger partial charge in [-0.15, -0.1) is 11.8 Å². The van der Waals surface area contributed by atoms with Gasteiger partial charge in [0.15, 0.2) is 0 Å². The Bertz CT molecular complexity index is 645. The lowest BCUT2D eigenvalue weighted by atomic mass is 10.1. The largest absolute Gasteiger partial charge is 0.469 e. The number of thioether (sulfide) groups is 1. The van der Waals surface area contributed by atoms with E-state index in [2.05, 4.69) is 40.2 Å². The summed E-state index contributed by atoms with van der Waals surface area (Å²) >= 11 is 1.62. The van der Waals surface area contributed by atoms with E-state index in [0.717, 1.165) is 4.90 Å². The third-order valence-electron chi connectivity index (χ3n) is 3.46. The smallest absolute Gasteiger partial charge is 0.305 e. The predicted octanol–water partition coefficient (Wildman–Crippen LogP) is 4.41. The summed E-state index contributed by atoms with van der Waals surface area (Å²) in [6.45, 7) is 0. The van der Waals surface area contributed by atoms with Crippen LogP contribution in [0.15, 0.2) is 52.5 Å². The van der Waals surface area contributed by atoms with Crippen molar-refractivity contribution >= 4 is 28.5 Å². The summed E-state index contributed by atoms with van der Waals surface area (Å²) in [5.74, 6) is 0.384. The number of nitroso groups, excluding NO2 is 1. The minimum absolute atomic E-state index is 0.244. The van der Waals surface area contributed by atoms with Gasteiger partial charge in [-0.05, 0) is 35.7 Å². The number of fused-ring (bicyclic) bond motifs is 1. The molecule has 0 amide bonds. The van der Waals surface area contributed by atoms with Crippen LogP contribution in [0.5, 0.6) is 0 Å². The summed E-state index contributed by atoms with van der Waals surface area (Å²) in [5.41, 5.74) is 0. The van der Waals surface area contributed by atoms with Crippen LogP contribution < -0.4 is 0 Å². The first-order chi connectivity index (χ1) is 10.7. The number of benzene rings is 2. The molecule has 5 heteroatoms. The quantitative estimate of drug-likeness (QED) is 0.411. The minimum Gasteiger partial charge on any atom is -0.469 e. The third-order valence-corrected chi connectivity index (χ3v) is 4.60. The molecule has 2 aromatic carbocycles.